The Morgan fingerprint density at radius 2 is 1.66 bits per heavy atom. The maximum absolute atomic E-state index is 12.7. The summed E-state index contributed by atoms with van der Waals surface area (Å²) in [5.41, 5.74) is 4.19. The van der Waals surface area contributed by atoms with Crippen LogP contribution in [-0.4, -0.2) is 13.1 Å². The van der Waals surface area contributed by atoms with Crippen molar-refractivity contribution in [3.63, 3.8) is 0 Å². The highest BCUT2D eigenvalue weighted by Crippen LogP contribution is 2.26. The van der Waals surface area contributed by atoms with Gasteiger partial charge in [0.2, 0.25) is 0 Å². The van der Waals surface area contributed by atoms with Crippen LogP contribution in [0.25, 0.3) is 22.1 Å². The summed E-state index contributed by atoms with van der Waals surface area (Å²) in [7, 11) is 0. The molecule has 0 unspecified atom stereocenters. The zero-order valence-electron chi connectivity index (χ0n) is 16.3. The van der Waals surface area contributed by atoms with Crippen LogP contribution in [0.15, 0.2) is 88.3 Å². The van der Waals surface area contributed by atoms with Crippen molar-refractivity contribution in [3.05, 3.63) is 95.1 Å². The molecule has 0 bridgehead atoms. The first kappa shape index (κ1) is 17.7. The van der Waals surface area contributed by atoms with Gasteiger partial charge in [-0.15, -0.1) is 0 Å². The van der Waals surface area contributed by atoms with Crippen LogP contribution in [0, 0.1) is 0 Å². The molecule has 29 heavy (non-hydrogen) atoms. The number of fused-ring (bicyclic) bond motifs is 1. The molecule has 4 aromatic rings. The lowest BCUT2D eigenvalue weighted by Gasteiger charge is -2.17. The minimum atomic E-state index is -0.295. The van der Waals surface area contributed by atoms with Crippen molar-refractivity contribution in [2.75, 3.05) is 18.0 Å². The van der Waals surface area contributed by atoms with Crippen molar-refractivity contribution in [1.82, 2.24) is 0 Å². The Kier molecular flexibility index (Phi) is 4.60. The van der Waals surface area contributed by atoms with E-state index in [0.717, 1.165) is 36.3 Å². The van der Waals surface area contributed by atoms with Gasteiger partial charge in [-0.3, -0.25) is 0 Å². The molecule has 0 spiro atoms. The average molecular weight is 383 g/mol. The predicted molar refractivity (Wildman–Crippen MR) is 115 cm³/mol. The van der Waals surface area contributed by atoms with E-state index in [4.69, 9.17) is 4.42 Å². The summed E-state index contributed by atoms with van der Waals surface area (Å²) in [6.07, 6.45) is 6.45. The molecule has 3 heterocycles. The third-order valence-corrected chi connectivity index (χ3v) is 5.60. The first-order valence-corrected chi connectivity index (χ1v) is 10.1. The molecule has 0 atom stereocenters. The number of rotatable bonds is 4. The fraction of sp³-hybridized carbons (Fsp3) is 0.200. The van der Waals surface area contributed by atoms with Gasteiger partial charge in [0.25, 0.3) is 0 Å². The highest BCUT2D eigenvalue weighted by molar-refractivity contribution is 5.84. The summed E-state index contributed by atoms with van der Waals surface area (Å²) < 4.78 is 7.79. The van der Waals surface area contributed by atoms with Gasteiger partial charge >= 0.3 is 5.63 Å². The van der Waals surface area contributed by atoms with Gasteiger partial charge in [0, 0.05) is 53.5 Å². The van der Waals surface area contributed by atoms with Crippen molar-refractivity contribution in [2.24, 2.45) is 0 Å². The summed E-state index contributed by atoms with van der Waals surface area (Å²) in [5, 5.41) is 0.948. The van der Waals surface area contributed by atoms with Gasteiger partial charge in [0.1, 0.15) is 5.58 Å². The Morgan fingerprint density at radius 3 is 2.41 bits per heavy atom. The number of anilines is 1. The highest BCUT2D eigenvalue weighted by atomic mass is 16.4. The number of nitrogens with zero attached hydrogens (tertiary/aromatic N) is 2. The minimum Gasteiger partial charge on any atom is -0.422 e. The average Bonchev–Trinajstić information content (AvgIpc) is 3.29. The van der Waals surface area contributed by atoms with E-state index >= 15 is 0 Å². The number of hydrogen-bond donors (Lipinski definition) is 0. The van der Waals surface area contributed by atoms with Gasteiger partial charge in [-0.05, 0) is 31.0 Å². The first-order valence-electron chi connectivity index (χ1n) is 10.1. The quantitative estimate of drug-likeness (QED) is 0.387. The monoisotopic (exact) mass is 383 g/mol. The summed E-state index contributed by atoms with van der Waals surface area (Å²) in [5.74, 6) is 0. The largest absolute Gasteiger partial charge is 0.422 e. The van der Waals surface area contributed by atoms with E-state index in [-0.39, 0.29) is 5.63 Å². The van der Waals surface area contributed by atoms with Crippen LogP contribution in [0.5, 0.6) is 0 Å². The zero-order chi connectivity index (χ0) is 19.6. The number of pyridine rings is 1. The van der Waals surface area contributed by atoms with Gasteiger partial charge in [-0.2, -0.15) is 0 Å². The molecule has 2 aromatic heterocycles. The molecule has 144 valence electrons. The molecule has 1 saturated heterocycles. The second-order valence-electron chi connectivity index (χ2n) is 7.61. The van der Waals surface area contributed by atoms with Crippen LogP contribution in [0.4, 0.5) is 5.69 Å². The lowest BCUT2D eigenvalue weighted by Crippen LogP contribution is -2.33. The van der Waals surface area contributed by atoms with Crippen LogP contribution in [0.2, 0.25) is 0 Å². The molecule has 1 fully saturated rings. The highest BCUT2D eigenvalue weighted by Gasteiger charge is 2.15. The summed E-state index contributed by atoms with van der Waals surface area (Å²) >= 11 is 0. The topological polar surface area (TPSA) is 37.3 Å². The van der Waals surface area contributed by atoms with E-state index in [1.165, 1.54) is 18.4 Å². The van der Waals surface area contributed by atoms with Gasteiger partial charge in [0.05, 0.1) is 5.56 Å². The van der Waals surface area contributed by atoms with Crippen molar-refractivity contribution >= 4 is 16.7 Å². The van der Waals surface area contributed by atoms with E-state index in [1.807, 2.05) is 60.9 Å². The second-order valence-corrected chi connectivity index (χ2v) is 7.61. The Labute approximate surface area is 169 Å². The van der Waals surface area contributed by atoms with Gasteiger partial charge in [0.15, 0.2) is 18.9 Å². The molecule has 0 N–H and O–H groups in total. The molecular formula is C25H23N2O2+. The molecule has 4 heteroatoms. The van der Waals surface area contributed by atoms with Gasteiger partial charge in [-0.25, -0.2) is 9.36 Å². The van der Waals surface area contributed by atoms with Crippen molar-refractivity contribution in [1.29, 1.82) is 0 Å². The van der Waals surface area contributed by atoms with Crippen molar-refractivity contribution in [3.8, 4) is 11.1 Å². The lowest BCUT2D eigenvalue weighted by atomic mass is 10.1. The van der Waals surface area contributed by atoms with Crippen molar-refractivity contribution < 1.29 is 8.98 Å². The van der Waals surface area contributed by atoms with Crippen molar-refractivity contribution in [2.45, 2.75) is 19.4 Å². The lowest BCUT2D eigenvalue weighted by molar-refractivity contribution is -0.688. The minimum absolute atomic E-state index is 0.295. The molecule has 0 amide bonds. The molecule has 0 saturated carbocycles. The Balaban J connectivity index is 1.44. The standard InChI is InChI=1S/C25H23N2O2/c28-25-23(20-10-14-26(15-11-20)18-19-6-2-1-3-7-19)16-21-8-9-22(17-24(21)29-25)27-12-4-5-13-27/h1-3,6-11,14-17H,4-5,12-13,18H2/q+1. The molecule has 0 aliphatic carbocycles. The van der Waals surface area contributed by atoms with Gasteiger partial charge < -0.3 is 9.32 Å². The summed E-state index contributed by atoms with van der Waals surface area (Å²) in [4.78, 5) is 15.0. The van der Waals surface area contributed by atoms with E-state index in [9.17, 15) is 4.79 Å². The van der Waals surface area contributed by atoms with Gasteiger partial charge in [-0.1, -0.05) is 30.3 Å². The Bertz CT molecular complexity index is 1190. The normalized spacial score (nSPS) is 13.9. The molecule has 4 nitrogen and oxygen atoms in total. The van der Waals surface area contributed by atoms with E-state index in [2.05, 4.69) is 27.7 Å². The predicted octanol–water partition coefficient (Wildman–Crippen LogP) is 4.40. The molecule has 1 aliphatic heterocycles. The smallest absolute Gasteiger partial charge is 0.344 e. The van der Waals surface area contributed by atoms with Crippen LogP contribution >= 0.6 is 0 Å². The fourth-order valence-electron chi connectivity index (χ4n) is 4.01. The molecule has 5 rings (SSSR count). The maximum Gasteiger partial charge on any atom is 0.344 e. The maximum atomic E-state index is 12.7. The van der Waals surface area contributed by atoms with Crippen LogP contribution in [0.1, 0.15) is 18.4 Å². The van der Waals surface area contributed by atoms with Crippen LogP contribution < -0.4 is 15.1 Å². The summed E-state index contributed by atoms with van der Waals surface area (Å²) in [6.45, 7) is 2.94. The van der Waals surface area contributed by atoms with E-state index in [0.29, 0.717) is 11.1 Å². The molecular weight excluding hydrogens is 360 g/mol. The third kappa shape index (κ3) is 3.66. The van der Waals surface area contributed by atoms with Crippen LogP contribution in [0.3, 0.4) is 0 Å². The molecule has 1 aliphatic rings. The van der Waals surface area contributed by atoms with E-state index in [1.54, 1.807) is 0 Å². The number of aromatic nitrogens is 1. The Morgan fingerprint density at radius 1 is 0.897 bits per heavy atom. The summed E-state index contributed by atoms with van der Waals surface area (Å²) in [6, 6.07) is 22.4. The SMILES string of the molecule is O=c1oc2cc(N3CCCC3)ccc2cc1-c1cc[n+](Cc2ccccc2)cc1. The Hall–Kier alpha value is -3.40. The number of hydrogen-bond acceptors (Lipinski definition) is 3. The zero-order valence-corrected chi connectivity index (χ0v) is 16.3. The second kappa shape index (κ2) is 7.55. The molecule has 0 radical (unpaired) electrons. The van der Waals surface area contributed by atoms with Crippen LogP contribution in [-0.2, 0) is 6.54 Å². The third-order valence-electron chi connectivity index (χ3n) is 5.60. The van der Waals surface area contributed by atoms with E-state index < -0.39 is 0 Å². The first-order chi connectivity index (χ1) is 14.3. The fourth-order valence-corrected chi connectivity index (χ4v) is 4.01. The number of benzene rings is 2. The molecule has 2 aromatic carbocycles.